The molecule has 60 heavy (non-hydrogen) atoms. The van der Waals surface area contributed by atoms with E-state index in [2.05, 4.69) is 26.6 Å². The zero-order chi connectivity index (χ0) is 44.0. The molecule has 0 saturated carbocycles. The summed E-state index contributed by atoms with van der Waals surface area (Å²) in [5.74, 6) is -4.47. The van der Waals surface area contributed by atoms with Gasteiger partial charge in [0.05, 0.1) is 13.1 Å². The van der Waals surface area contributed by atoms with Gasteiger partial charge in [-0.3, -0.25) is 33.6 Å². The number of nitrogens with one attached hydrogen (secondary N) is 5. The molecule has 16 heteroatoms. The summed E-state index contributed by atoms with van der Waals surface area (Å²) in [6.07, 6.45) is 1.77. The molecule has 0 aliphatic heterocycles. The lowest BCUT2D eigenvalue weighted by atomic mass is 10.0. The van der Waals surface area contributed by atoms with E-state index >= 15 is 0 Å². The first-order valence-electron chi connectivity index (χ1n) is 20.3. The number of amides is 7. The zero-order valence-electron chi connectivity index (χ0n) is 34.7. The molecule has 0 aliphatic rings. The lowest BCUT2D eigenvalue weighted by molar-refractivity contribution is -0.141. The predicted octanol–water partition coefficient (Wildman–Crippen LogP) is 0.564. The minimum atomic E-state index is -1.21. The molecule has 0 unspecified atom stereocenters. The van der Waals surface area contributed by atoms with E-state index < -0.39 is 78.1 Å². The van der Waals surface area contributed by atoms with E-state index in [1.54, 1.807) is 72.8 Å². The van der Waals surface area contributed by atoms with Gasteiger partial charge in [0.15, 0.2) is 0 Å². The fraction of sp³-hybridized carbons (Fsp3) is 0.432. The van der Waals surface area contributed by atoms with E-state index in [0.29, 0.717) is 30.5 Å². The molecule has 16 nitrogen and oxygen atoms in total. The number of unbranched alkanes of at least 4 members (excludes halogenated alkanes) is 1. The fourth-order valence-corrected chi connectivity index (χ4v) is 6.40. The topological polar surface area (TPSA) is 261 Å². The van der Waals surface area contributed by atoms with E-state index in [4.69, 9.17) is 17.2 Å². The minimum absolute atomic E-state index is 0.00564. The van der Waals surface area contributed by atoms with Crippen molar-refractivity contribution in [3.63, 3.8) is 0 Å². The molecular weight excluding hydrogens is 767 g/mol. The lowest BCUT2D eigenvalue weighted by Gasteiger charge is -2.30. The van der Waals surface area contributed by atoms with Crippen LogP contribution in [0.4, 0.5) is 0 Å². The van der Waals surface area contributed by atoms with Crippen molar-refractivity contribution in [3.05, 3.63) is 108 Å². The third kappa shape index (κ3) is 17.0. The summed E-state index contributed by atoms with van der Waals surface area (Å²) in [4.78, 5) is 95.3. The number of carbonyl (C=O) groups is 7. The smallest absolute Gasteiger partial charge is 0.245 e. The molecule has 0 saturated heterocycles. The van der Waals surface area contributed by atoms with Crippen LogP contribution in [0.25, 0.3) is 0 Å². The Bertz CT molecular complexity index is 1850. The Morgan fingerprint density at radius 3 is 1.53 bits per heavy atom. The molecule has 0 fully saturated rings. The van der Waals surface area contributed by atoms with Crippen LogP contribution in [0, 0.1) is 5.92 Å². The average molecular weight is 828 g/mol. The van der Waals surface area contributed by atoms with Crippen molar-refractivity contribution < 1.29 is 33.6 Å². The molecule has 0 bridgehead atoms. The number of nitrogens with zero attached hydrogens (tertiary/aromatic N) is 1. The van der Waals surface area contributed by atoms with Crippen molar-refractivity contribution in [2.45, 2.75) is 96.1 Å². The monoisotopic (exact) mass is 827 g/mol. The standard InChI is InChI=1S/C44H61N9O7/c1-29(2)23-37(52-41(57)34(21-13-14-22-45)49-38(54)26-46)44(60)53(27-33-19-11-6-12-20-33)28-39(55)50-35(24-31-15-7-4-8-16-31)43(59)51-36(25-32-17-9-5-10-18-32)42(58)48-30(3)40(47)56/h4-12,15-20,29-30,34-37H,13-14,21-28,45-46H2,1-3H3,(H2,47,56)(H,48,58)(H,49,54)(H,50,55)(H,51,59)(H,52,57)/t30-,34-,35-,36-,37-/m0/s1. The summed E-state index contributed by atoms with van der Waals surface area (Å²) >= 11 is 0. The van der Waals surface area contributed by atoms with Crippen LogP contribution >= 0.6 is 0 Å². The fourth-order valence-electron chi connectivity index (χ4n) is 6.40. The van der Waals surface area contributed by atoms with E-state index in [9.17, 15) is 33.6 Å². The summed E-state index contributed by atoms with van der Waals surface area (Å²) in [7, 11) is 0. The second-order valence-corrected chi connectivity index (χ2v) is 15.2. The van der Waals surface area contributed by atoms with Crippen molar-refractivity contribution in [3.8, 4) is 0 Å². The molecule has 11 N–H and O–H groups in total. The molecule has 3 aromatic carbocycles. The molecule has 3 aromatic rings. The first-order chi connectivity index (χ1) is 28.7. The average Bonchev–Trinajstić information content (AvgIpc) is 3.22. The van der Waals surface area contributed by atoms with Crippen LogP contribution in [-0.4, -0.2) is 96.1 Å². The SMILES string of the molecule is CC(C)C[C@H](NC(=O)[C@H](CCCCN)NC(=O)CN)C(=O)N(CC(=O)N[C@@H](Cc1ccccc1)C(=O)N[C@@H](Cc1ccccc1)C(=O)N[C@@H](C)C(N)=O)Cc1ccccc1. The number of carbonyl (C=O) groups excluding carboxylic acids is 7. The Labute approximate surface area is 352 Å². The Kier molecular flexibility index (Phi) is 20.4. The van der Waals surface area contributed by atoms with E-state index in [1.165, 1.54) is 11.8 Å². The molecule has 0 spiro atoms. The maximum Gasteiger partial charge on any atom is 0.245 e. The highest BCUT2D eigenvalue weighted by molar-refractivity contribution is 5.96. The van der Waals surface area contributed by atoms with Crippen molar-refractivity contribution in [1.29, 1.82) is 0 Å². The van der Waals surface area contributed by atoms with Crippen molar-refractivity contribution in [2.24, 2.45) is 23.1 Å². The minimum Gasteiger partial charge on any atom is -0.368 e. The normalized spacial score (nSPS) is 13.4. The van der Waals surface area contributed by atoms with Gasteiger partial charge in [0, 0.05) is 19.4 Å². The molecule has 0 aromatic heterocycles. The zero-order valence-corrected chi connectivity index (χ0v) is 34.7. The summed E-state index contributed by atoms with van der Waals surface area (Å²) < 4.78 is 0. The van der Waals surface area contributed by atoms with Crippen LogP contribution in [-0.2, 0) is 52.9 Å². The molecule has 5 atom stereocenters. The molecule has 0 radical (unpaired) electrons. The first-order valence-corrected chi connectivity index (χ1v) is 20.3. The van der Waals surface area contributed by atoms with Crippen LogP contribution in [0.1, 0.15) is 63.1 Å². The van der Waals surface area contributed by atoms with Gasteiger partial charge < -0.3 is 48.7 Å². The number of hydrogen-bond acceptors (Lipinski definition) is 9. The molecule has 0 heterocycles. The van der Waals surface area contributed by atoms with Crippen LogP contribution in [0.5, 0.6) is 0 Å². The van der Waals surface area contributed by atoms with E-state index in [-0.39, 0.29) is 44.7 Å². The third-order valence-corrected chi connectivity index (χ3v) is 9.60. The van der Waals surface area contributed by atoms with Gasteiger partial charge in [0.1, 0.15) is 30.2 Å². The Hall–Kier alpha value is -6.13. The maximum absolute atomic E-state index is 14.5. The highest BCUT2D eigenvalue weighted by atomic mass is 16.2. The second kappa shape index (κ2) is 25.4. The molecule has 3 rings (SSSR count). The Balaban J connectivity index is 1.93. The van der Waals surface area contributed by atoms with Gasteiger partial charge in [-0.1, -0.05) is 105 Å². The summed E-state index contributed by atoms with van der Waals surface area (Å²) in [6, 6.07) is 21.5. The number of rotatable bonds is 25. The van der Waals surface area contributed by atoms with E-state index in [0.717, 1.165) is 5.56 Å². The van der Waals surface area contributed by atoms with Gasteiger partial charge in [0.2, 0.25) is 41.4 Å². The number of hydrogen-bond donors (Lipinski definition) is 8. The van der Waals surface area contributed by atoms with Gasteiger partial charge in [-0.15, -0.1) is 0 Å². The van der Waals surface area contributed by atoms with Gasteiger partial charge in [-0.25, -0.2) is 0 Å². The molecule has 0 aliphatic carbocycles. The van der Waals surface area contributed by atoms with Crippen molar-refractivity contribution >= 4 is 41.4 Å². The van der Waals surface area contributed by atoms with Gasteiger partial charge in [0.25, 0.3) is 0 Å². The van der Waals surface area contributed by atoms with Crippen LogP contribution in [0.2, 0.25) is 0 Å². The number of primary amides is 1. The van der Waals surface area contributed by atoms with Crippen molar-refractivity contribution in [2.75, 3.05) is 19.6 Å². The quantitative estimate of drug-likeness (QED) is 0.0555. The van der Waals surface area contributed by atoms with Gasteiger partial charge in [-0.2, -0.15) is 0 Å². The van der Waals surface area contributed by atoms with Crippen molar-refractivity contribution in [1.82, 2.24) is 31.5 Å². The van der Waals surface area contributed by atoms with Gasteiger partial charge >= 0.3 is 0 Å². The largest absolute Gasteiger partial charge is 0.368 e. The maximum atomic E-state index is 14.5. The Morgan fingerprint density at radius 2 is 1.03 bits per heavy atom. The third-order valence-electron chi connectivity index (χ3n) is 9.60. The van der Waals surface area contributed by atoms with Crippen LogP contribution < -0.4 is 43.8 Å². The van der Waals surface area contributed by atoms with Crippen LogP contribution in [0.15, 0.2) is 91.0 Å². The number of benzene rings is 3. The Morgan fingerprint density at radius 1 is 0.567 bits per heavy atom. The molecule has 324 valence electrons. The molecular formula is C44H61N9O7. The second-order valence-electron chi connectivity index (χ2n) is 15.2. The number of nitrogens with two attached hydrogens (primary N) is 3. The lowest BCUT2D eigenvalue weighted by Crippen LogP contribution is -2.58. The summed E-state index contributed by atoms with van der Waals surface area (Å²) in [6.45, 7) is 4.79. The predicted molar refractivity (Wildman–Crippen MR) is 228 cm³/mol. The first kappa shape index (κ1) is 48.2. The highest BCUT2D eigenvalue weighted by Crippen LogP contribution is 2.14. The van der Waals surface area contributed by atoms with Gasteiger partial charge in [-0.05, 0) is 61.8 Å². The van der Waals surface area contributed by atoms with E-state index in [1.807, 2.05) is 32.0 Å². The highest BCUT2D eigenvalue weighted by Gasteiger charge is 2.33. The molecule has 7 amide bonds. The summed E-state index contributed by atoms with van der Waals surface area (Å²) in [5.41, 5.74) is 18.7. The van der Waals surface area contributed by atoms with Crippen LogP contribution in [0.3, 0.4) is 0 Å². The summed E-state index contributed by atoms with van der Waals surface area (Å²) in [5, 5.41) is 13.6.